The summed E-state index contributed by atoms with van der Waals surface area (Å²) in [6, 6.07) is 4.33. The predicted octanol–water partition coefficient (Wildman–Crippen LogP) is 2.95. The lowest BCUT2D eigenvalue weighted by atomic mass is 10.0. The SMILES string of the molecule is CC(C)C(=O)c1ccc(S)cc1F. The van der Waals surface area contributed by atoms with Crippen molar-refractivity contribution in [3.8, 4) is 0 Å². The molecule has 1 aromatic rings. The van der Waals surface area contributed by atoms with Crippen molar-refractivity contribution in [2.45, 2.75) is 18.7 Å². The summed E-state index contributed by atoms with van der Waals surface area (Å²) < 4.78 is 13.2. The van der Waals surface area contributed by atoms with Crippen LogP contribution in [0.5, 0.6) is 0 Å². The summed E-state index contributed by atoms with van der Waals surface area (Å²) in [4.78, 5) is 11.9. The molecule has 0 aliphatic carbocycles. The second kappa shape index (κ2) is 3.92. The largest absolute Gasteiger partial charge is 0.294 e. The first-order chi connectivity index (χ1) is 6.02. The fourth-order valence-electron chi connectivity index (χ4n) is 1.01. The highest BCUT2D eigenvalue weighted by atomic mass is 32.1. The van der Waals surface area contributed by atoms with Crippen LogP contribution >= 0.6 is 12.6 Å². The Morgan fingerprint density at radius 2 is 2.08 bits per heavy atom. The van der Waals surface area contributed by atoms with E-state index in [-0.39, 0.29) is 17.3 Å². The van der Waals surface area contributed by atoms with E-state index in [9.17, 15) is 9.18 Å². The van der Waals surface area contributed by atoms with Crippen LogP contribution in [0.3, 0.4) is 0 Å². The van der Waals surface area contributed by atoms with E-state index in [2.05, 4.69) is 12.6 Å². The second-order valence-electron chi connectivity index (χ2n) is 3.18. The van der Waals surface area contributed by atoms with Gasteiger partial charge >= 0.3 is 0 Å². The number of carbonyl (C=O) groups excluding carboxylic acids is 1. The van der Waals surface area contributed by atoms with E-state index in [4.69, 9.17) is 0 Å². The Morgan fingerprint density at radius 3 is 2.54 bits per heavy atom. The maximum absolute atomic E-state index is 13.2. The van der Waals surface area contributed by atoms with Crippen LogP contribution in [-0.4, -0.2) is 5.78 Å². The number of ketones is 1. The van der Waals surface area contributed by atoms with E-state index in [1.807, 2.05) is 0 Å². The zero-order valence-electron chi connectivity index (χ0n) is 7.54. The Balaban J connectivity index is 3.09. The van der Waals surface area contributed by atoms with Gasteiger partial charge in [0.05, 0.1) is 5.56 Å². The summed E-state index contributed by atoms with van der Waals surface area (Å²) in [5.74, 6) is -0.850. The zero-order chi connectivity index (χ0) is 10.0. The van der Waals surface area contributed by atoms with Crippen LogP contribution in [0.2, 0.25) is 0 Å². The number of thiol groups is 1. The number of benzene rings is 1. The number of halogens is 1. The summed E-state index contributed by atoms with van der Waals surface area (Å²) >= 11 is 3.97. The fraction of sp³-hybridized carbons (Fsp3) is 0.300. The van der Waals surface area contributed by atoms with Gasteiger partial charge in [-0.25, -0.2) is 4.39 Å². The number of Topliss-reactive ketones (excluding diaryl/α,β-unsaturated/α-hetero) is 1. The predicted molar refractivity (Wildman–Crippen MR) is 52.8 cm³/mol. The van der Waals surface area contributed by atoms with Crippen molar-refractivity contribution >= 4 is 18.4 Å². The summed E-state index contributed by atoms with van der Waals surface area (Å²) in [7, 11) is 0. The van der Waals surface area contributed by atoms with Crippen molar-refractivity contribution in [2.75, 3.05) is 0 Å². The lowest BCUT2D eigenvalue weighted by Gasteiger charge is -2.05. The molecule has 0 aliphatic rings. The standard InChI is InChI=1S/C10H11FOS/c1-6(2)10(12)8-4-3-7(13)5-9(8)11/h3-6,13H,1-2H3. The summed E-state index contributed by atoms with van der Waals surface area (Å²) in [6.07, 6.45) is 0. The minimum absolute atomic E-state index is 0.146. The third kappa shape index (κ3) is 2.31. The minimum Gasteiger partial charge on any atom is -0.294 e. The van der Waals surface area contributed by atoms with Crippen molar-refractivity contribution in [2.24, 2.45) is 5.92 Å². The van der Waals surface area contributed by atoms with Crippen LogP contribution in [0.1, 0.15) is 24.2 Å². The van der Waals surface area contributed by atoms with Gasteiger partial charge in [0, 0.05) is 10.8 Å². The zero-order valence-corrected chi connectivity index (χ0v) is 8.44. The van der Waals surface area contributed by atoms with Gasteiger partial charge in [0.15, 0.2) is 5.78 Å². The first-order valence-electron chi connectivity index (χ1n) is 4.05. The van der Waals surface area contributed by atoms with Crippen molar-refractivity contribution in [3.05, 3.63) is 29.6 Å². The summed E-state index contributed by atoms with van der Waals surface area (Å²) in [5, 5.41) is 0. The third-order valence-corrected chi connectivity index (χ3v) is 2.02. The molecule has 0 saturated carbocycles. The van der Waals surface area contributed by atoms with Gasteiger partial charge < -0.3 is 0 Å². The molecule has 1 nitrogen and oxygen atoms in total. The van der Waals surface area contributed by atoms with E-state index in [1.54, 1.807) is 19.9 Å². The van der Waals surface area contributed by atoms with Gasteiger partial charge in [-0.2, -0.15) is 0 Å². The Morgan fingerprint density at radius 1 is 1.46 bits per heavy atom. The van der Waals surface area contributed by atoms with E-state index < -0.39 is 5.82 Å². The fourth-order valence-corrected chi connectivity index (χ4v) is 1.20. The van der Waals surface area contributed by atoms with Gasteiger partial charge in [0.2, 0.25) is 0 Å². The Labute approximate surface area is 82.4 Å². The first kappa shape index (κ1) is 10.3. The van der Waals surface area contributed by atoms with E-state index in [0.717, 1.165) is 0 Å². The molecule has 1 aromatic carbocycles. The molecule has 0 heterocycles. The maximum Gasteiger partial charge on any atom is 0.168 e. The summed E-state index contributed by atoms with van der Waals surface area (Å²) in [6.45, 7) is 3.49. The van der Waals surface area contributed by atoms with Crippen LogP contribution in [-0.2, 0) is 0 Å². The van der Waals surface area contributed by atoms with Crippen molar-refractivity contribution in [3.63, 3.8) is 0 Å². The Hall–Kier alpha value is -0.830. The van der Waals surface area contributed by atoms with Crippen molar-refractivity contribution < 1.29 is 9.18 Å². The molecule has 0 bridgehead atoms. The van der Waals surface area contributed by atoms with Crippen molar-refractivity contribution in [1.82, 2.24) is 0 Å². The van der Waals surface area contributed by atoms with Crippen molar-refractivity contribution in [1.29, 1.82) is 0 Å². The highest BCUT2D eigenvalue weighted by Gasteiger charge is 2.14. The van der Waals surface area contributed by atoms with Crippen LogP contribution in [0.15, 0.2) is 23.1 Å². The van der Waals surface area contributed by atoms with Gasteiger partial charge in [-0.3, -0.25) is 4.79 Å². The number of hydrogen-bond acceptors (Lipinski definition) is 2. The van der Waals surface area contributed by atoms with Crippen LogP contribution in [0.25, 0.3) is 0 Å². The maximum atomic E-state index is 13.2. The van der Waals surface area contributed by atoms with Gasteiger partial charge in [-0.15, -0.1) is 12.6 Å². The Bertz CT molecular complexity index is 334. The lowest BCUT2D eigenvalue weighted by Crippen LogP contribution is -2.09. The number of rotatable bonds is 2. The average Bonchev–Trinajstić information content (AvgIpc) is 2.03. The van der Waals surface area contributed by atoms with Crippen LogP contribution in [0, 0.1) is 11.7 Å². The molecular formula is C10H11FOS. The van der Waals surface area contributed by atoms with Crippen LogP contribution < -0.4 is 0 Å². The van der Waals surface area contributed by atoms with E-state index in [0.29, 0.717) is 4.90 Å². The Kier molecular flexibility index (Phi) is 3.09. The number of carbonyl (C=O) groups is 1. The molecule has 0 unspecified atom stereocenters. The molecule has 0 radical (unpaired) electrons. The smallest absolute Gasteiger partial charge is 0.168 e. The third-order valence-electron chi connectivity index (χ3n) is 1.74. The molecule has 3 heteroatoms. The van der Waals surface area contributed by atoms with Gasteiger partial charge in [0.1, 0.15) is 5.82 Å². The van der Waals surface area contributed by atoms with Gasteiger partial charge in [-0.05, 0) is 18.2 Å². The van der Waals surface area contributed by atoms with E-state index >= 15 is 0 Å². The molecular weight excluding hydrogens is 187 g/mol. The highest BCUT2D eigenvalue weighted by molar-refractivity contribution is 7.80. The quantitative estimate of drug-likeness (QED) is 0.571. The molecule has 0 aliphatic heterocycles. The van der Waals surface area contributed by atoms with Gasteiger partial charge in [-0.1, -0.05) is 13.8 Å². The second-order valence-corrected chi connectivity index (χ2v) is 3.70. The molecule has 13 heavy (non-hydrogen) atoms. The average molecular weight is 198 g/mol. The molecule has 0 N–H and O–H groups in total. The lowest BCUT2D eigenvalue weighted by molar-refractivity contribution is 0.0935. The normalized spacial score (nSPS) is 10.5. The van der Waals surface area contributed by atoms with Crippen LogP contribution in [0.4, 0.5) is 4.39 Å². The van der Waals surface area contributed by atoms with E-state index in [1.165, 1.54) is 12.1 Å². The first-order valence-corrected chi connectivity index (χ1v) is 4.50. The molecule has 0 atom stereocenters. The molecule has 0 amide bonds. The molecule has 1 rings (SSSR count). The molecule has 0 aromatic heterocycles. The summed E-state index contributed by atoms with van der Waals surface area (Å²) in [5.41, 5.74) is 0.146. The number of hydrogen-bond donors (Lipinski definition) is 1. The monoisotopic (exact) mass is 198 g/mol. The molecule has 0 spiro atoms. The highest BCUT2D eigenvalue weighted by Crippen LogP contribution is 2.16. The topological polar surface area (TPSA) is 17.1 Å². The molecule has 70 valence electrons. The minimum atomic E-state index is -0.494. The molecule has 0 saturated heterocycles. The molecule has 0 fully saturated rings. The van der Waals surface area contributed by atoms with Gasteiger partial charge in [0.25, 0.3) is 0 Å².